The Morgan fingerprint density at radius 1 is 1.18 bits per heavy atom. The lowest BCUT2D eigenvalue weighted by atomic mass is 9.67. The van der Waals surface area contributed by atoms with Crippen LogP contribution in [0.4, 0.5) is 0 Å². The molecule has 2 aliphatic heterocycles. The third-order valence-corrected chi connectivity index (χ3v) is 9.13. The average molecular weight is 487 g/mol. The van der Waals surface area contributed by atoms with Gasteiger partial charge in [-0.25, -0.2) is 13.1 Å². The van der Waals surface area contributed by atoms with Crippen molar-refractivity contribution in [2.75, 3.05) is 32.4 Å². The normalized spacial score (nSPS) is 25.4. The molecule has 1 spiro atoms. The summed E-state index contributed by atoms with van der Waals surface area (Å²) in [5, 5.41) is 9.41. The fraction of sp³-hybridized carbons (Fsp3) is 0.692. The van der Waals surface area contributed by atoms with Crippen LogP contribution in [0.5, 0.6) is 0 Å². The quantitative estimate of drug-likeness (QED) is 0.667. The summed E-state index contributed by atoms with van der Waals surface area (Å²) in [7, 11) is -3.31. The molecule has 34 heavy (non-hydrogen) atoms. The van der Waals surface area contributed by atoms with Crippen molar-refractivity contribution in [3.63, 3.8) is 0 Å². The van der Waals surface area contributed by atoms with Gasteiger partial charge in [0.15, 0.2) is 0 Å². The summed E-state index contributed by atoms with van der Waals surface area (Å²) >= 11 is 0. The van der Waals surface area contributed by atoms with E-state index in [0.29, 0.717) is 24.7 Å². The van der Waals surface area contributed by atoms with Crippen LogP contribution in [-0.4, -0.2) is 62.6 Å². The summed E-state index contributed by atoms with van der Waals surface area (Å²) in [6.07, 6.45) is 7.75. The lowest BCUT2D eigenvalue weighted by Gasteiger charge is -2.49. The van der Waals surface area contributed by atoms with Crippen molar-refractivity contribution >= 4 is 15.9 Å². The highest BCUT2D eigenvalue weighted by atomic mass is 32.2. The minimum atomic E-state index is -3.31. The molecule has 0 atom stereocenters. The van der Waals surface area contributed by atoms with Crippen LogP contribution in [0.3, 0.4) is 0 Å². The molecule has 8 heteroatoms. The van der Waals surface area contributed by atoms with Crippen LogP contribution in [0.2, 0.25) is 0 Å². The van der Waals surface area contributed by atoms with E-state index in [9.17, 15) is 18.5 Å². The average Bonchev–Trinajstić information content (AvgIpc) is 2.81. The smallest absolute Gasteiger partial charge is 0.233 e. The molecule has 0 radical (unpaired) electrons. The monoisotopic (exact) mass is 486 g/mol. The number of piperidine rings is 1. The van der Waals surface area contributed by atoms with Crippen LogP contribution in [-0.2, 0) is 26.8 Å². The fourth-order valence-electron chi connectivity index (χ4n) is 6.39. The SMILES string of the molecule is CC(C)C1CCC(N2CCC3(CC2)C(=O)N(CCNS(C)(=O)=O)Cc2cc(C#N)ccc23)CC1. The first-order valence-corrected chi connectivity index (χ1v) is 14.5. The predicted molar refractivity (Wildman–Crippen MR) is 132 cm³/mol. The Bertz CT molecular complexity index is 1050. The van der Waals surface area contributed by atoms with Crippen LogP contribution in [0.25, 0.3) is 0 Å². The van der Waals surface area contributed by atoms with E-state index < -0.39 is 15.4 Å². The van der Waals surface area contributed by atoms with E-state index in [4.69, 9.17) is 0 Å². The third kappa shape index (κ3) is 5.17. The molecule has 7 nitrogen and oxygen atoms in total. The number of nitrogens with one attached hydrogen (secondary N) is 1. The van der Waals surface area contributed by atoms with Gasteiger partial charge in [-0.05, 0) is 86.7 Å². The van der Waals surface area contributed by atoms with Crippen LogP contribution >= 0.6 is 0 Å². The molecular weight excluding hydrogens is 448 g/mol. The Kier molecular flexibility index (Phi) is 7.37. The molecular formula is C26H38N4O3S. The van der Waals surface area contributed by atoms with E-state index in [2.05, 4.69) is 29.5 Å². The third-order valence-electron chi connectivity index (χ3n) is 8.41. The zero-order chi connectivity index (χ0) is 24.5. The van der Waals surface area contributed by atoms with Crippen LogP contribution in [0.15, 0.2) is 18.2 Å². The molecule has 1 aromatic carbocycles. The summed E-state index contributed by atoms with van der Waals surface area (Å²) in [4.78, 5) is 18.2. The Morgan fingerprint density at radius 3 is 2.44 bits per heavy atom. The molecule has 1 saturated carbocycles. The molecule has 0 aromatic heterocycles. The maximum atomic E-state index is 13.8. The second-order valence-electron chi connectivity index (χ2n) is 10.8. The van der Waals surface area contributed by atoms with Crippen LogP contribution in [0.1, 0.15) is 69.1 Å². The van der Waals surface area contributed by atoms with Gasteiger partial charge >= 0.3 is 0 Å². The first-order chi connectivity index (χ1) is 16.1. The Labute approximate surface area is 204 Å². The van der Waals surface area contributed by atoms with Gasteiger partial charge in [0, 0.05) is 25.7 Å². The van der Waals surface area contributed by atoms with E-state index in [0.717, 1.165) is 55.1 Å². The van der Waals surface area contributed by atoms with Crippen molar-refractivity contribution in [3.8, 4) is 6.07 Å². The molecule has 1 amide bonds. The van der Waals surface area contributed by atoms with Crippen LogP contribution in [0, 0.1) is 23.2 Å². The number of hydrogen-bond acceptors (Lipinski definition) is 5. The zero-order valence-corrected chi connectivity index (χ0v) is 21.5. The molecule has 0 unspecified atom stereocenters. The molecule has 0 bridgehead atoms. The van der Waals surface area contributed by atoms with Crippen molar-refractivity contribution in [2.45, 2.75) is 70.4 Å². The van der Waals surface area contributed by atoms with E-state index in [1.165, 1.54) is 25.7 Å². The number of nitriles is 1. The van der Waals surface area contributed by atoms with E-state index >= 15 is 0 Å². The van der Waals surface area contributed by atoms with Gasteiger partial charge in [0.25, 0.3) is 0 Å². The highest BCUT2D eigenvalue weighted by Gasteiger charge is 2.49. The second-order valence-corrected chi connectivity index (χ2v) is 12.6. The first kappa shape index (κ1) is 25.2. The zero-order valence-electron chi connectivity index (χ0n) is 20.7. The summed E-state index contributed by atoms with van der Waals surface area (Å²) < 4.78 is 25.5. The van der Waals surface area contributed by atoms with Gasteiger partial charge < -0.3 is 9.80 Å². The molecule has 4 rings (SSSR count). The highest BCUT2D eigenvalue weighted by Crippen LogP contribution is 2.44. The van der Waals surface area contributed by atoms with Crippen molar-refractivity contribution < 1.29 is 13.2 Å². The summed E-state index contributed by atoms with van der Waals surface area (Å²) in [5.41, 5.74) is 2.09. The topological polar surface area (TPSA) is 93.5 Å². The van der Waals surface area contributed by atoms with Crippen molar-refractivity contribution in [3.05, 3.63) is 34.9 Å². The molecule has 2 heterocycles. The molecule has 186 valence electrons. The van der Waals surface area contributed by atoms with Crippen molar-refractivity contribution in [2.24, 2.45) is 11.8 Å². The number of sulfonamides is 1. The van der Waals surface area contributed by atoms with Gasteiger partial charge in [0.2, 0.25) is 15.9 Å². The number of benzene rings is 1. The number of carbonyl (C=O) groups is 1. The van der Waals surface area contributed by atoms with Gasteiger partial charge in [-0.1, -0.05) is 19.9 Å². The van der Waals surface area contributed by atoms with Gasteiger partial charge in [0.05, 0.1) is 23.3 Å². The largest absolute Gasteiger partial charge is 0.336 e. The van der Waals surface area contributed by atoms with Gasteiger partial charge in [0.1, 0.15) is 0 Å². The number of carbonyl (C=O) groups excluding carboxylic acids is 1. The van der Waals surface area contributed by atoms with Gasteiger partial charge in [-0.15, -0.1) is 0 Å². The summed E-state index contributed by atoms with van der Waals surface area (Å²) in [5.74, 6) is 1.69. The fourth-order valence-corrected chi connectivity index (χ4v) is 6.85. The molecule has 3 aliphatic rings. The van der Waals surface area contributed by atoms with E-state index in [1.807, 2.05) is 18.2 Å². The highest BCUT2D eigenvalue weighted by molar-refractivity contribution is 7.88. The van der Waals surface area contributed by atoms with Crippen molar-refractivity contribution in [1.29, 1.82) is 5.26 Å². The summed E-state index contributed by atoms with van der Waals surface area (Å²) in [6.45, 7) is 7.40. The number of rotatable bonds is 6. The first-order valence-electron chi connectivity index (χ1n) is 12.6. The maximum Gasteiger partial charge on any atom is 0.233 e. The Morgan fingerprint density at radius 2 is 1.85 bits per heavy atom. The number of amides is 1. The molecule has 1 saturated heterocycles. The van der Waals surface area contributed by atoms with Crippen molar-refractivity contribution in [1.82, 2.24) is 14.5 Å². The number of fused-ring (bicyclic) bond motifs is 2. The summed E-state index contributed by atoms with van der Waals surface area (Å²) in [6, 6.07) is 8.55. The van der Waals surface area contributed by atoms with Gasteiger partial charge in [-0.3, -0.25) is 4.79 Å². The molecule has 1 aliphatic carbocycles. The minimum Gasteiger partial charge on any atom is -0.336 e. The van der Waals surface area contributed by atoms with E-state index in [-0.39, 0.29) is 12.5 Å². The molecule has 2 fully saturated rings. The Balaban J connectivity index is 1.51. The molecule has 1 N–H and O–H groups in total. The van der Waals surface area contributed by atoms with Gasteiger partial charge in [-0.2, -0.15) is 5.26 Å². The number of nitrogens with zero attached hydrogens (tertiary/aromatic N) is 3. The number of likely N-dealkylation sites (tertiary alicyclic amines) is 1. The number of hydrogen-bond donors (Lipinski definition) is 1. The molecule has 1 aromatic rings. The van der Waals surface area contributed by atoms with Crippen LogP contribution < -0.4 is 4.72 Å². The maximum absolute atomic E-state index is 13.8. The lowest BCUT2D eigenvalue weighted by molar-refractivity contribution is -0.142. The minimum absolute atomic E-state index is 0.100. The second kappa shape index (κ2) is 9.96. The standard InChI is InChI=1S/C26H38N4O3S/c1-19(2)21-5-7-23(8-6-21)29-13-10-26(11-14-29)24-9-4-20(17-27)16-22(24)18-30(25(26)31)15-12-28-34(3,32)33/h4,9,16,19,21,23,28H,5-8,10-15,18H2,1-3H3. The lowest BCUT2D eigenvalue weighted by Crippen LogP contribution is -2.58. The van der Waals surface area contributed by atoms with E-state index in [1.54, 1.807) is 4.90 Å². The predicted octanol–water partition coefficient (Wildman–Crippen LogP) is 3.00. The Hall–Kier alpha value is -1.95.